The van der Waals surface area contributed by atoms with Gasteiger partial charge < -0.3 is 25.0 Å². The second-order valence-electron chi connectivity index (χ2n) is 10.0. The van der Waals surface area contributed by atoms with Gasteiger partial charge in [-0.15, -0.1) is 0 Å². The van der Waals surface area contributed by atoms with Crippen LogP contribution >= 0.6 is 0 Å². The van der Waals surface area contributed by atoms with Gasteiger partial charge in [-0.05, 0) is 73.1 Å². The topological polar surface area (TPSA) is 77.9 Å². The van der Waals surface area contributed by atoms with Gasteiger partial charge in [0.2, 0.25) is 0 Å². The predicted octanol–water partition coefficient (Wildman–Crippen LogP) is 4.40. The molecule has 2 amide bonds. The van der Waals surface area contributed by atoms with Gasteiger partial charge in [-0.1, -0.05) is 19.4 Å². The number of nitrogens with zero attached hydrogens (tertiary/aromatic N) is 3. The van der Waals surface area contributed by atoms with Crippen LogP contribution in [0.25, 0.3) is 11.1 Å². The lowest BCUT2D eigenvalue weighted by Gasteiger charge is -2.33. The van der Waals surface area contributed by atoms with Crippen LogP contribution in [0.4, 0.5) is 16.3 Å². The number of morpholine rings is 1. The molecule has 3 heterocycles. The van der Waals surface area contributed by atoms with Crippen LogP contribution in [0, 0.1) is 12.8 Å². The second kappa shape index (κ2) is 9.92. The van der Waals surface area contributed by atoms with Crippen LogP contribution in [0.5, 0.6) is 0 Å². The highest BCUT2D eigenvalue weighted by atomic mass is 16.5. The Kier molecular flexibility index (Phi) is 6.75. The Morgan fingerprint density at radius 3 is 2.68 bits per heavy atom. The van der Waals surface area contributed by atoms with Crippen molar-refractivity contribution in [2.45, 2.75) is 51.6 Å². The van der Waals surface area contributed by atoms with Gasteiger partial charge in [0, 0.05) is 43.5 Å². The summed E-state index contributed by atoms with van der Waals surface area (Å²) in [6.07, 6.45) is 3.52. The number of nitrogens with one attached hydrogen (secondary N) is 1. The number of benzene rings is 1. The fourth-order valence-corrected chi connectivity index (χ4v) is 5.25. The third-order valence-electron chi connectivity index (χ3n) is 7.65. The maximum Gasteiger partial charge on any atom is 0.321 e. The molecule has 2 N–H and O–H groups in total. The lowest BCUT2D eigenvalue weighted by atomic mass is 9.79. The van der Waals surface area contributed by atoms with Gasteiger partial charge in [0.05, 0.1) is 19.3 Å². The number of aryl methyl sites for hydroxylation is 1. The molecule has 7 heteroatoms. The van der Waals surface area contributed by atoms with E-state index in [1.807, 2.05) is 11.0 Å². The third kappa shape index (κ3) is 4.91. The molecular weight excluding hydrogens is 428 g/mol. The molecule has 1 atom stereocenters. The molecule has 2 aliphatic heterocycles. The highest BCUT2D eigenvalue weighted by Crippen LogP contribution is 2.39. The number of carbonyl (C=O) groups excluding carboxylic acids is 1. The Labute approximate surface area is 202 Å². The van der Waals surface area contributed by atoms with Gasteiger partial charge in [0.15, 0.2) is 0 Å². The Morgan fingerprint density at radius 2 is 1.97 bits per heavy atom. The molecule has 0 unspecified atom stereocenters. The first-order valence-electron chi connectivity index (χ1n) is 12.7. The van der Waals surface area contributed by atoms with Crippen molar-refractivity contribution in [2.75, 3.05) is 49.6 Å². The number of carbonyl (C=O) groups is 1. The van der Waals surface area contributed by atoms with Gasteiger partial charge >= 0.3 is 6.03 Å². The molecule has 7 nitrogen and oxygen atoms in total. The number of anilines is 2. The number of hydrogen-bond donors (Lipinski definition) is 2. The minimum absolute atomic E-state index is 0.0152. The maximum absolute atomic E-state index is 12.9. The highest BCUT2D eigenvalue weighted by molar-refractivity contribution is 5.90. The molecule has 5 rings (SSSR count). The van der Waals surface area contributed by atoms with E-state index in [4.69, 9.17) is 9.72 Å². The van der Waals surface area contributed by atoms with Gasteiger partial charge in [0.1, 0.15) is 5.82 Å². The minimum Gasteiger partial charge on any atom is -0.393 e. The van der Waals surface area contributed by atoms with Crippen molar-refractivity contribution in [3.05, 3.63) is 41.6 Å². The molecule has 182 valence electrons. The smallest absolute Gasteiger partial charge is 0.321 e. The van der Waals surface area contributed by atoms with Crippen LogP contribution in [0.3, 0.4) is 0 Å². The molecule has 0 spiro atoms. The lowest BCUT2D eigenvalue weighted by molar-refractivity contribution is 0.0732. The van der Waals surface area contributed by atoms with Crippen molar-refractivity contribution in [3.63, 3.8) is 0 Å². The van der Waals surface area contributed by atoms with Crippen molar-refractivity contribution >= 4 is 17.5 Å². The van der Waals surface area contributed by atoms with E-state index in [-0.39, 0.29) is 12.1 Å². The average molecular weight is 465 g/mol. The van der Waals surface area contributed by atoms with E-state index in [0.717, 1.165) is 85.8 Å². The molecule has 3 fully saturated rings. The summed E-state index contributed by atoms with van der Waals surface area (Å²) in [6.45, 7) is 9.03. The number of pyridine rings is 1. The Hall–Kier alpha value is -2.64. The molecule has 2 aromatic rings. The molecule has 3 aliphatic rings. The average Bonchev–Trinajstić information content (AvgIpc) is 3.33. The highest BCUT2D eigenvalue weighted by Gasteiger charge is 2.31. The Morgan fingerprint density at radius 1 is 1.18 bits per heavy atom. The third-order valence-corrected chi connectivity index (χ3v) is 7.65. The van der Waals surface area contributed by atoms with Crippen LogP contribution in [0.15, 0.2) is 30.3 Å². The van der Waals surface area contributed by atoms with Crippen molar-refractivity contribution in [2.24, 2.45) is 5.92 Å². The summed E-state index contributed by atoms with van der Waals surface area (Å²) in [4.78, 5) is 22.1. The number of aromatic nitrogens is 1. The van der Waals surface area contributed by atoms with Crippen molar-refractivity contribution in [3.8, 4) is 11.1 Å². The minimum atomic E-state index is -0.222. The number of urea groups is 1. The largest absolute Gasteiger partial charge is 0.393 e. The standard InChI is InChI=1S/C27H36N4O3/c1-3-19-6-7-31(17-19)27(33)28-22-5-4-18(2)24(16-22)20-14-25(21-12-23(32)13-21)29-26(15-20)30-8-10-34-11-9-30/h4-5,14-16,19,21,23,32H,3,6-13,17H2,1-2H3,(H,28,33)/t19-,21?,23?/m1/s1. The zero-order valence-electron chi connectivity index (χ0n) is 20.3. The number of aliphatic hydroxyl groups is 1. The Balaban J connectivity index is 1.42. The molecule has 0 bridgehead atoms. The van der Waals surface area contributed by atoms with E-state index < -0.39 is 0 Å². The molecule has 34 heavy (non-hydrogen) atoms. The van der Waals surface area contributed by atoms with Crippen molar-refractivity contribution < 1.29 is 14.6 Å². The van der Waals surface area contributed by atoms with Gasteiger partial charge in [0.25, 0.3) is 0 Å². The van der Waals surface area contributed by atoms with E-state index in [1.165, 1.54) is 0 Å². The second-order valence-corrected chi connectivity index (χ2v) is 10.0. The summed E-state index contributed by atoms with van der Waals surface area (Å²) in [6, 6.07) is 10.4. The normalized spacial score (nSPS) is 24.7. The molecule has 1 aliphatic carbocycles. The number of amides is 2. The zero-order chi connectivity index (χ0) is 23.7. The van der Waals surface area contributed by atoms with Crippen LogP contribution in [-0.4, -0.2) is 66.5 Å². The first-order valence-corrected chi connectivity index (χ1v) is 12.7. The van der Waals surface area contributed by atoms with E-state index in [9.17, 15) is 9.90 Å². The lowest BCUT2D eigenvalue weighted by Crippen LogP contribution is -2.37. The SMILES string of the molecule is CC[C@@H]1CCN(C(=O)Nc2ccc(C)c(-c3cc(C4CC(O)C4)nc(N4CCOCC4)c3)c2)C1. The van der Waals surface area contributed by atoms with E-state index >= 15 is 0 Å². The monoisotopic (exact) mass is 464 g/mol. The zero-order valence-corrected chi connectivity index (χ0v) is 20.3. The summed E-state index contributed by atoms with van der Waals surface area (Å²) in [7, 11) is 0. The van der Waals surface area contributed by atoms with Crippen LogP contribution in [-0.2, 0) is 4.74 Å². The van der Waals surface area contributed by atoms with E-state index in [1.54, 1.807) is 0 Å². The van der Waals surface area contributed by atoms with Gasteiger partial charge in [-0.25, -0.2) is 9.78 Å². The number of hydrogen-bond acceptors (Lipinski definition) is 5. The predicted molar refractivity (Wildman–Crippen MR) is 134 cm³/mol. The van der Waals surface area contributed by atoms with E-state index in [2.05, 4.69) is 48.3 Å². The fourth-order valence-electron chi connectivity index (χ4n) is 5.25. The summed E-state index contributed by atoms with van der Waals surface area (Å²) in [5, 5.41) is 13.0. The van der Waals surface area contributed by atoms with Gasteiger partial charge in [-0.3, -0.25) is 0 Å². The number of ether oxygens (including phenoxy) is 1. The Bertz CT molecular complexity index is 1030. The number of rotatable bonds is 5. The fraction of sp³-hybridized carbons (Fsp3) is 0.556. The van der Waals surface area contributed by atoms with Crippen LogP contribution < -0.4 is 10.2 Å². The molecule has 1 aromatic heterocycles. The number of aliphatic hydroxyl groups excluding tert-OH is 1. The molecule has 2 saturated heterocycles. The molecule has 1 aromatic carbocycles. The molecular formula is C27H36N4O3. The quantitative estimate of drug-likeness (QED) is 0.686. The first-order chi connectivity index (χ1) is 16.5. The molecule has 0 radical (unpaired) electrons. The summed E-state index contributed by atoms with van der Waals surface area (Å²) in [5.74, 6) is 1.87. The summed E-state index contributed by atoms with van der Waals surface area (Å²) < 4.78 is 5.54. The maximum atomic E-state index is 12.9. The first kappa shape index (κ1) is 23.1. The summed E-state index contributed by atoms with van der Waals surface area (Å²) in [5.41, 5.74) is 5.22. The summed E-state index contributed by atoms with van der Waals surface area (Å²) >= 11 is 0. The van der Waals surface area contributed by atoms with E-state index in [0.29, 0.717) is 25.0 Å². The number of likely N-dealkylation sites (tertiary alicyclic amines) is 1. The van der Waals surface area contributed by atoms with Crippen LogP contribution in [0.2, 0.25) is 0 Å². The van der Waals surface area contributed by atoms with Gasteiger partial charge in [-0.2, -0.15) is 0 Å². The van der Waals surface area contributed by atoms with Crippen LogP contribution in [0.1, 0.15) is 49.8 Å². The van der Waals surface area contributed by atoms with Crippen molar-refractivity contribution in [1.82, 2.24) is 9.88 Å². The molecule has 1 saturated carbocycles. The van der Waals surface area contributed by atoms with Crippen molar-refractivity contribution in [1.29, 1.82) is 0 Å².